The van der Waals surface area contributed by atoms with Crippen molar-refractivity contribution < 1.29 is 28.6 Å². The Morgan fingerprint density at radius 2 is 1.55 bits per heavy atom. The molecule has 5 rings (SSSR count). The van der Waals surface area contributed by atoms with Gasteiger partial charge in [-0.2, -0.15) is 0 Å². The minimum Gasteiger partial charge on any atom is -0.458 e. The van der Waals surface area contributed by atoms with Gasteiger partial charge in [-0.15, -0.1) is 0 Å². The number of esters is 1. The normalized spacial score (nSPS) is 36.7. The minimum absolute atomic E-state index is 0.147. The summed E-state index contributed by atoms with van der Waals surface area (Å²) in [5.41, 5.74) is -1.60. The molecule has 0 aliphatic heterocycles. The zero-order chi connectivity index (χ0) is 20.9. The summed E-state index contributed by atoms with van der Waals surface area (Å²) in [7, 11) is 0. The van der Waals surface area contributed by atoms with E-state index < -0.39 is 22.8 Å². The van der Waals surface area contributed by atoms with Crippen molar-refractivity contribution >= 4 is 17.9 Å². The van der Waals surface area contributed by atoms with E-state index in [2.05, 4.69) is 0 Å². The summed E-state index contributed by atoms with van der Waals surface area (Å²) >= 11 is 0. The molecule has 0 N–H and O–H groups in total. The van der Waals surface area contributed by atoms with Crippen molar-refractivity contribution in [3.63, 3.8) is 0 Å². The first-order valence-corrected chi connectivity index (χ1v) is 11.3. The third-order valence-corrected chi connectivity index (χ3v) is 7.75. The fourth-order valence-corrected chi connectivity index (χ4v) is 6.18. The van der Waals surface area contributed by atoms with Crippen molar-refractivity contribution in [2.24, 2.45) is 17.3 Å². The maximum Gasteiger partial charge on any atom is 0.509 e. The van der Waals surface area contributed by atoms with Crippen molar-refractivity contribution in [2.45, 2.75) is 109 Å². The van der Waals surface area contributed by atoms with Crippen LogP contribution in [-0.2, 0) is 23.8 Å². The molecule has 5 fully saturated rings. The molecule has 0 aromatic carbocycles. The van der Waals surface area contributed by atoms with Gasteiger partial charge in [-0.05, 0) is 77.0 Å². The highest BCUT2D eigenvalue weighted by Gasteiger charge is 2.62. The van der Waals surface area contributed by atoms with Crippen molar-refractivity contribution in [3.05, 3.63) is 0 Å². The number of hydrogen-bond donors (Lipinski definition) is 0. The van der Waals surface area contributed by atoms with Gasteiger partial charge in [0.2, 0.25) is 0 Å². The van der Waals surface area contributed by atoms with Gasteiger partial charge >= 0.3 is 12.1 Å². The van der Waals surface area contributed by atoms with E-state index >= 15 is 0 Å². The second-order valence-electron chi connectivity index (χ2n) is 10.7. The SMILES string of the molecule is CCC(C)(C)C(=O)OC12CC3CC(CC(OC(=O)OC4CCC(=O)CC4)(C3)C1)C2. The standard InChI is InChI=1S/C23H34O6/c1-4-21(2,3)19(25)28-22-10-15-9-16(11-22)13-23(12-15,14-22)29-20(26)27-18-7-5-17(24)6-8-18/h15-16,18H,4-14H2,1-3H3. The molecule has 0 spiro atoms. The van der Waals surface area contributed by atoms with Crippen LogP contribution in [0.1, 0.15) is 91.4 Å². The van der Waals surface area contributed by atoms with Crippen LogP contribution < -0.4 is 0 Å². The van der Waals surface area contributed by atoms with E-state index in [9.17, 15) is 14.4 Å². The van der Waals surface area contributed by atoms with Crippen LogP contribution in [-0.4, -0.2) is 35.2 Å². The zero-order valence-electron chi connectivity index (χ0n) is 18.0. The summed E-state index contributed by atoms with van der Waals surface area (Å²) < 4.78 is 17.7. The van der Waals surface area contributed by atoms with Crippen LogP contribution in [0.25, 0.3) is 0 Å². The van der Waals surface area contributed by atoms with Gasteiger partial charge in [0, 0.05) is 19.3 Å². The highest BCUT2D eigenvalue weighted by atomic mass is 16.7. The first kappa shape index (κ1) is 20.7. The predicted molar refractivity (Wildman–Crippen MR) is 105 cm³/mol. The largest absolute Gasteiger partial charge is 0.509 e. The van der Waals surface area contributed by atoms with Crippen LogP contribution in [0.5, 0.6) is 0 Å². The molecule has 162 valence electrons. The van der Waals surface area contributed by atoms with Crippen molar-refractivity contribution in [2.75, 3.05) is 0 Å². The number of rotatable bonds is 5. The van der Waals surface area contributed by atoms with E-state index in [0.29, 0.717) is 43.9 Å². The Kier molecular flexibility index (Phi) is 5.19. The van der Waals surface area contributed by atoms with E-state index in [1.54, 1.807) is 0 Å². The summed E-state index contributed by atoms with van der Waals surface area (Å²) in [5, 5.41) is 0. The molecular formula is C23H34O6. The Bertz CT molecular complexity index is 671. The van der Waals surface area contributed by atoms with Crippen LogP contribution >= 0.6 is 0 Å². The molecule has 0 saturated heterocycles. The van der Waals surface area contributed by atoms with E-state index in [4.69, 9.17) is 14.2 Å². The molecule has 0 radical (unpaired) electrons. The Balaban J connectivity index is 1.43. The average Bonchev–Trinajstić information content (AvgIpc) is 2.61. The minimum atomic E-state index is -0.623. The van der Waals surface area contributed by atoms with Gasteiger partial charge in [-0.3, -0.25) is 9.59 Å². The number of carbonyl (C=O) groups excluding carboxylic acids is 3. The number of Topliss-reactive ketones (excluding diaryl/α,β-unsaturated/α-hetero) is 1. The predicted octanol–water partition coefficient (Wildman–Crippen LogP) is 4.72. The van der Waals surface area contributed by atoms with Crippen LogP contribution in [0.2, 0.25) is 0 Å². The van der Waals surface area contributed by atoms with Gasteiger partial charge in [0.05, 0.1) is 5.41 Å². The highest BCUT2D eigenvalue weighted by molar-refractivity contribution is 5.79. The third-order valence-electron chi connectivity index (χ3n) is 7.75. The molecule has 29 heavy (non-hydrogen) atoms. The summed E-state index contributed by atoms with van der Waals surface area (Å²) in [6.07, 6.45) is 7.10. The zero-order valence-corrected chi connectivity index (χ0v) is 18.0. The lowest BCUT2D eigenvalue weighted by molar-refractivity contribution is -0.229. The van der Waals surface area contributed by atoms with Crippen molar-refractivity contribution in [3.8, 4) is 0 Å². The van der Waals surface area contributed by atoms with Gasteiger partial charge in [0.1, 0.15) is 23.1 Å². The van der Waals surface area contributed by atoms with Gasteiger partial charge in [-0.25, -0.2) is 4.79 Å². The monoisotopic (exact) mass is 406 g/mol. The highest BCUT2D eigenvalue weighted by Crippen LogP contribution is 2.60. The number of carbonyl (C=O) groups is 3. The third kappa shape index (κ3) is 4.17. The van der Waals surface area contributed by atoms with Crippen molar-refractivity contribution in [1.82, 2.24) is 0 Å². The first-order chi connectivity index (χ1) is 13.6. The molecule has 5 saturated carbocycles. The van der Waals surface area contributed by atoms with Gasteiger partial charge < -0.3 is 14.2 Å². The molecule has 0 aromatic rings. The molecule has 6 heteroatoms. The summed E-state index contributed by atoms with van der Waals surface area (Å²) in [5.74, 6) is 0.937. The Morgan fingerprint density at radius 3 is 2.10 bits per heavy atom. The smallest absolute Gasteiger partial charge is 0.458 e. The van der Waals surface area contributed by atoms with Crippen LogP contribution in [0.15, 0.2) is 0 Å². The molecule has 6 nitrogen and oxygen atoms in total. The molecule has 2 unspecified atom stereocenters. The fraction of sp³-hybridized carbons (Fsp3) is 0.870. The fourth-order valence-electron chi connectivity index (χ4n) is 6.18. The van der Waals surface area contributed by atoms with E-state index in [1.165, 1.54) is 0 Å². The summed E-state index contributed by atoms with van der Waals surface area (Å²) in [4.78, 5) is 36.8. The van der Waals surface area contributed by atoms with Gasteiger partial charge in [-0.1, -0.05) is 6.92 Å². The molecule has 5 aliphatic rings. The first-order valence-electron chi connectivity index (χ1n) is 11.3. The molecule has 2 atom stereocenters. The maximum atomic E-state index is 12.8. The molecule has 5 aliphatic carbocycles. The summed E-state index contributed by atoms with van der Waals surface area (Å²) in [6, 6.07) is 0. The molecule has 0 amide bonds. The molecule has 0 heterocycles. The molecule has 0 aromatic heterocycles. The van der Waals surface area contributed by atoms with E-state index in [0.717, 1.165) is 38.5 Å². The van der Waals surface area contributed by atoms with Crippen LogP contribution in [0.4, 0.5) is 4.79 Å². The second kappa shape index (κ2) is 7.28. The van der Waals surface area contributed by atoms with E-state index in [1.807, 2.05) is 20.8 Å². The average molecular weight is 407 g/mol. The van der Waals surface area contributed by atoms with Gasteiger partial charge in [0.15, 0.2) is 0 Å². The molecular weight excluding hydrogens is 372 g/mol. The second-order valence-corrected chi connectivity index (χ2v) is 10.7. The van der Waals surface area contributed by atoms with Crippen LogP contribution in [0, 0.1) is 17.3 Å². The van der Waals surface area contributed by atoms with Gasteiger partial charge in [0.25, 0.3) is 0 Å². The lowest BCUT2D eigenvalue weighted by Crippen LogP contribution is -2.62. The number of ether oxygens (including phenoxy) is 3. The van der Waals surface area contributed by atoms with E-state index in [-0.39, 0.29) is 17.9 Å². The maximum absolute atomic E-state index is 12.8. The molecule has 4 bridgehead atoms. The number of ketones is 1. The Labute approximate surface area is 173 Å². The topological polar surface area (TPSA) is 78.9 Å². The summed E-state index contributed by atoms with van der Waals surface area (Å²) in [6.45, 7) is 5.85. The lowest BCUT2D eigenvalue weighted by Gasteiger charge is -2.60. The number of hydrogen-bond acceptors (Lipinski definition) is 6. The Morgan fingerprint density at radius 1 is 1.00 bits per heavy atom. The lowest BCUT2D eigenvalue weighted by atomic mass is 9.52. The van der Waals surface area contributed by atoms with Crippen molar-refractivity contribution in [1.29, 1.82) is 0 Å². The Hall–Kier alpha value is -1.59. The quantitative estimate of drug-likeness (QED) is 0.615. The van der Waals surface area contributed by atoms with Crippen LogP contribution in [0.3, 0.4) is 0 Å².